The summed E-state index contributed by atoms with van der Waals surface area (Å²) in [6, 6.07) is 0. The minimum absolute atomic E-state index is 0. The van der Waals surface area contributed by atoms with E-state index >= 15 is 0 Å². The number of hydrogen-bond acceptors (Lipinski definition) is 2. The Bertz CT molecular complexity index is 269. The van der Waals surface area contributed by atoms with Crippen molar-refractivity contribution in [1.82, 2.24) is 10.2 Å². The van der Waals surface area contributed by atoms with Crippen molar-refractivity contribution >= 4 is 18.3 Å². The fourth-order valence-electron chi connectivity index (χ4n) is 2.78. The maximum Gasteiger partial charge on any atom is 0.228 e. The van der Waals surface area contributed by atoms with Crippen LogP contribution in [0.4, 0.5) is 4.39 Å². The number of carbonyl (C=O) groups excluding carboxylic acids is 1. The first-order chi connectivity index (χ1) is 6.69. The molecule has 1 spiro atoms. The zero-order valence-corrected chi connectivity index (χ0v) is 9.36. The average Bonchev–Trinajstić information content (AvgIpc) is 1.89. The van der Waals surface area contributed by atoms with Crippen LogP contribution in [0.2, 0.25) is 0 Å². The summed E-state index contributed by atoms with van der Waals surface area (Å²) in [6.07, 6.45) is 0.761. The maximum absolute atomic E-state index is 12.7. The molecule has 0 aromatic rings. The van der Waals surface area contributed by atoms with Gasteiger partial charge in [-0.15, -0.1) is 12.4 Å². The Labute approximate surface area is 94.8 Å². The molecule has 3 nitrogen and oxygen atoms in total. The van der Waals surface area contributed by atoms with Crippen LogP contribution in [0.25, 0.3) is 0 Å². The van der Waals surface area contributed by atoms with Crippen LogP contribution in [-0.4, -0.2) is 43.2 Å². The third kappa shape index (κ3) is 1.64. The number of alkyl halides is 1. The SMILES string of the molecule is Cl.O=C(C1CNC1)N1CC2(CC(F)C2)C1. The molecule has 2 saturated heterocycles. The van der Waals surface area contributed by atoms with Crippen molar-refractivity contribution in [3.05, 3.63) is 0 Å². The first-order valence-electron chi connectivity index (χ1n) is 5.32. The van der Waals surface area contributed by atoms with Crippen LogP contribution in [0.1, 0.15) is 12.8 Å². The number of halogens is 2. The lowest BCUT2D eigenvalue weighted by atomic mass is 9.62. The molecule has 0 radical (unpaired) electrons. The lowest BCUT2D eigenvalue weighted by molar-refractivity contribution is -0.162. The van der Waals surface area contributed by atoms with Crippen molar-refractivity contribution in [3.63, 3.8) is 0 Å². The molecule has 86 valence electrons. The van der Waals surface area contributed by atoms with Gasteiger partial charge >= 0.3 is 0 Å². The molecule has 0 aromatic carbocycles. The van der Waals surface area contributed by atoms with E-state index in [0.29, 0.717) is 12.8 Å². The Morgan fingerprint density at radius 1 is 1.33 bits per heavy atom. The second kappa shape index (κ2) is 3.59. The molecule has 1 saturated carbocycles. The number of nitrogens with one attached hydrogen (secondary N) is 1. The predicted molar refractivity (Wildman–Crippen MR) is 56.8 cm³/mol. The second-order valence-electron chi connectivity index (χ2n) is 5.06. The molecule has 1 aliphatic carbocycles. The van der Waals surface area contributed by atoms with Gasteiger partial charge in [0, 0.05) is 31.6 Å². The van der Waals surface area contributed by atoms with Gasteiger partial charge in [-0.3, -0.25) is 4.79 Å². The van der Waals surface area contributed by atoms with Gasteiger partial charge in [-0.1, -0.05) is 0 Å². The highest BCUT2D eigenvalue weighted by atomic mass is 35.5. The van der Waals surface area contributed by atoms with E-state index < -0.39 is 6.17 Å². The second-order valence-corrected chi connectivity index (χ2v) is 5.06. The third-order valence-corrected chi connectivity index (χ3v) is 3.80. The average molecular weight is 235 g/mol. The minimum atomic E-state index is -0.599. The van der Waals surface area contributed by atoms with Gasteiger partial charge in [0.2, 0.25) is 5.91 Å². The smallest absolute Gasteiger partial charge is 0.228 e. The molecule has 2 aliphatic heterocycles. The zero-order chi connectivity index (χ0) is 9.76. The fraction of sp³-hybridized carbons (Fsp3) is 0.900. The molecule has 0 aromatic heterocycles. The number of carbonyl (C=O) groups is 1. The van der Waals surface area contributed by atoms with E-state index in [0.717, 1.165) is 26.2 Å². The summed E-state index contributed by atoms with van der Waals surface area (Å²) in [5.74, 6) is 0.477. The molecule has 0 unspecified atom stereocenters. The van der Waals surface area contributed by atoms with Gasteiger partial charge in [-0.05, 0) is 12.8 Å². The van der Waals surface area contributed by atoms with Crippen molar-refractivity contribution in [2.45, 2.75) is 19.0 Å². The summed E-state index contributed by atoms with van der Waals surface area (Å²) in [7, 11) is 0. The first kappa shape index (κ1) is 11.1. The number of rotatable bonds is 1. The van der Waals surface area contributed by atoms with Crippen molar-refractivity contribution in [2.75, 3.05) is 26.2 Å². The third-order valence-electron chi connectivity index (χ3n) is 3.80. The molecule has 0 bridgehead atoms. The highest BCUT2D eigenvalue weighted by Crippen LogP contribution is 2.49. The van der Waals surface area contributed by atoms with Crippen LogP contribution in [-0.2, 0) is 4.79 Å². The maximum atomic E-state index is 12.7. The Kier molecular flexibility index (Phi) is 2.67. The Hall–Kier alpha value is -0.350. The molecule has 1 amide bonds. The number of nitrogens with zero attached hydrogens (tertiary/aromatic N) is 1. The number of likely N-dealkylation sites (tertiary alicyclic amines) is 1. The molecule has 3 aliphatic rings. The van der Waals surface area contributed by atoms with E-state index in [-0.39, 0.29) is 29.6 Å². The van der Waals surface area contributed by atoms with Crippen LogP contribution in [0.15, 0.2) is 0 Å². The van der Waals surface area contributed by atoms with Crippen LogP contribution >= 0.6 is 12.4 Å². The van der Waals surface area contributed by atoms with E-state index in [1.165, 1.54) is 0 Å². The zero-order valence-electron chi connectivity index (χ0n) is 8.54. The summed E-state index contributed by atoms with van der Waals surface area (Å²) in [5.41, 5.74) is 0.187. The summed E-state index contributed by atoms with van der Waals surface area (Å²) >= 11 is 0. The summed E-state index contributed by atoms with van der Waals surface area (Å²) in [4.78, 5) is 13.6. The highest BCUT2D eigenvalue weighted by molar-refractivity contribution is 5.85. The van der Waals surface area contributed by atoms with Gasteiger partial charge in [0.05, 0.1) is 5.92 Å². The van der Waals surface area contributed by atoms with Gasteiger partial charge in [0.25, 0.3) is 0 Å². The van der Waals surface area contributed by atoms with Crippen molar-refractivity contribution in [3.8, 4) is 0 Å². The largest absolute Gasteiger partial charge is 0.341 e. The van der Waals surface area contributed by atoms with Crippen LogP contribution < -0.4 is 5.32 Å². The first-order valence-corrected chi connectivity index (χ1v) is 5.32. The van der Waals surface area contributed by atoms with E-state index in [2.05, 4.69) is 5.32 Å². The van der Waals surface area contributed by atoms with Crippen molar-refractivity contribution in [2.24, 2.45) is 11.3 Å². The van der Waals surface area contributed by atoms with E-state index in [9.17, 15) is 9.18 Å². The van der Waals surface area contributed by atoms with E-state index in [1.54, 1.807) is 0 Å². The molecule has 2 heterocycles. The molecule has 3 rings (SSSR count). The molecular formula is C10H16ClFN2O. The summed E-state index contributed by atoms with van der Waals surface area (Å²) < 4.78 is 12.7. The number of hydrogen-bond donors (Lipinski definition) is 1. The van der Waals surface area contributed by atoms with Crippen molar-refractivity contribution < 1.29 is 9.18 Å². The number of amides is 1. The lowest BCUT2D eigenvalue weighted by Crippen LogP contribution is -2.67. The van der Waals surface area contributed by atoms with Gasteiger partial charge < -0.3 is 10.2 Å². The monoisotopic (exact) mass is 234 g/mol. The van der Waals surface area contributed by atoms with Gasteiger partial charge in [-0.25, -0.2) is 4.39 Å². The molecule has 3 fully saturated rings. The van der Waals surface area contributed by atoms with Gasteiger partial charge in [0.15, 0.2) is 0 Å². The van der Waals surface area contributed by atoms with Gasteiger partial charge in [-0.2, -0.15) is 0 Å². The molecule has 0 atom stereocenters. The van der Waals surface area contributed by atoms with Gasteiger partial charge in [0.1, 0.15) is 6.17 Å². The molecule has 5 heteroatoms. The van der Waals surface area contributed by atoms with Crippen LogP contribution in [0, 0.1) is 11.3 Å². The Morgan fingerprint density at radius 2 is 1.93 bits per heavy atom. The normalized spacial score (nSPS) is 28.7. The summed E-state index contributed by atoms with van der Waals surface area (Å²) in [5, 5.41) is 3.09. The molecular weight excluding hydrogens is 219 g/mol. The fourth-order valence-corrected chi connectivity index (χ4v) is 2.78. The highest BCUT2D eigenvalue weighted by Gasteiger charge is 2.54. The van der Waals surface area contributed by atoms with E-state index in [4.69, 9.17) is 0 Å². The lowest BCUT2D eigenvalue weighted by Gasteiger charge is -2.57. The Morgan fingerprint density at radius 3 is 2.33 bits per heavy atom. The minimum Gasteiger partial charge on any atom is -0.341 e. The van der Waals surface area contributed by atoms with E-state index in [1.807, 2.05) is 4.90 Å². The Balaban J connectivity index is 0.000000853. The summed E-state index contributed by atoms with van der Waals surface area (Å²) in [6.45, 7) is 3.27. The predicted octanol–water partition coefficient (Wildman–Crippen LogP) is 0.588. The van der Waals surface area contributed by atoms with Crippen molar-refractivity contribution in [1.29, 1.82) is 0 Å². The van der Waals surface area contributed by atoms with Crippen LogP contribution in [0.3, 0.4) is 0 Å². The standard InChI is InChI=1S/C10H15FN2O.ClH/c11-8-1-10(2-8)5-13(6-10)9(14)7-3-12-4-7;/h7-8,12H,1-6H2;1H. The van der Waals surface area contributed by atoms with Crippen LogP contribution in [0.5, 0.6) is 0 Å². The quantitative estimate of drug-likeness (QED) is 0.720. The molecule has 1 N–H and O–H groups in total. The topological polar surface area (TPSA) is 32.3 Å². The molecule has 15 heavy (non-hydrogen) atoms.